The molecule has 22 heavy (non-hydrogen) atoms. The average molecular weight is 320 g/mol. The van der Waals surface area contributed by atoms with Crippen molar-refractivity contribution in [2.75, 3.05) is 12.4 Å². The summed E-state index contributed by atoms with van der Waals surface area (Å²) < 4.78 is 1.90. The number of carbonyl (C=O) groups is 1. The van der Waals surface area contributed by atoms with E-state index in [1.165, 1.54) is 0 Å². The summed E-state index contributed by atoms with van der Waals surface area (Å²) in [5, 5.41) is 0. The second kappa shape index (κ2) is 6.44. The average Bonchev–Trinajstić information content (AvgIpc) is 3.16. The lowest BCUT2D eigenvalue weighted by molar-refractivity contribution is -0.131. The van der Waals surface area contributed by atoms with Gasteiger partial charge in [-0.3, -0.25) is 9.78 Å². The highest BCUT2D eigenvalue weighted by atomic mass is 35.5. The highest BCUT2D eigenvalue weighted by Crippen LogP contribution is 2.31. The summed E-state index contributed by atoms with van der Waals surface area (Å²) in [4.78, 5) is 27.3. The molecule has 1 fully saturated rings. The molecule has 6 nitrogen and oxygen atoms in total. The predicted octanol–water partition coefficient (Wildman–Crippen LogP) is 2.17. The van der Waals surface area contributed by atoms with Crippen LogP contribution in [0.15, 0.2) is 24.8 Å². The number of halogens is 1. The maximum atomic E-state index is 12.2. The molecule has 1 unspecified atom stereocenters. The first kappa shape index (κ1) is 15.0. The van der Waals surface area contributed by atoms with Gasteiger partial charge >= 0.3 is 0 Å². The highest BCUT2D eigenvalue weighted by molar-refractivity contribution is 6.18. The number of aromatic nitrogens is 4. The third kappa shape index (κ3) is 2.83. The molecule has 0 aromatic carbocycles. The second-order valence-corrected chi connectivity index (χ2v) is 5.75. The van der Waals surface area contributed by atoms with Crippen molar-refractivity contribution in [1.82, 2.24) is 24.4 Å². The quantitative estimate of drug-likeness (QED) is 0.810. The number of hydrogen-bond acceptors (Lipinski definition) is 4. The van der Waals surface area contributed by atoms with Gasteiger partial charge in [0.15, 0.2) is 5.82 Å². The molecule has 1 aliphatic rings. The molecule has 2 aromatic heterocycles. The first-order chi connectivity index (χ1) is 10.7. The molecule has 3 rings (SSSR count). The zero-order valence-corrected chi connectivity index (χ0v) is 13.2. The number of imidazole rings is 1. The maximum absolute atomic E-state index is 12.2. The Morgan fingerprint density at radius 2 is 2.32 bits per heavy atom. The highest BCUT2D eigenvalue weighted by Gasteiger charge is 2.31. The molecule has 0 saturated carbocycles. The van der Waals surface area contributed by atoms with Crippen LogP contribution in [0, 0.1) is 0 Å². The first-order valence-corrected chi connectivity index (χ1v) is 7.89. The van der Waals surface area contributed by atoms with Gasteiger partial charge in [-0.1, -0.05) is 0 Å². The van der Waals surface area contributed by atoms with E-state index >= 15 is 0 Å². The number of hydrogen-bond donors (Lipinski definition) is 0. The zero-order valence-electron chi connectivity index (χ0n) is 12.4. The Kier molecular flexibility index (Phi) is 4.38. The van der Waals surface area contributed by atoms with Crippen molar-refractivity contribution < 1.29 is 4.79 Å². The van der Waals surface area contributed by atoms with Gasteiger partial charge in [-0.15, -0.1) is 11.6 Å². The maximum Gasteiger partial charge on any atom is 0.224 e. The van der Waals surface area contributed by atoms with E-state index in [0.717, 1.165) is 36.6 Å². The summed E-state index contributed by atoms with van der Waals surface area (Å²) >= 11 is 5.69. The molecular weight excluding hydrogens is 302 g/mol. The van der Waals surface area contributed by atoms with Gasteiger partial charge in [0.2, 0.25) is 5.91 Å². The molecule has 1 amide bonds. The van der Waals surface area contributed by atoms with Crippen LogP contribution < -0.4 is 0 Å². The number of alkyl halides is 1. The molecule has 7 heteroatoms. The minimum atomic E-state index is -0.0107. The van der Waals surface area contributed by atoms with E-state index in [1.54, 1.807) is 18.6 Å². The summed E-state index contributed by atoms with van der Waals surface area (Å²) in [5.74, 6) is 1.20. The van der Waals surface area contributed by atoms with Crippen LogP contribution in [-0.4, -0.2) is 42.8 Å². The van der Waals surface area contributed by atoms with Crippen LogP contribution in [0.25, 0.3) is 11.5 Å². The Morgan fingerprint density at radius 3 is 3.05 bits per heavy atom. The molecule has 0 aliphatic carbocycles. The van der Waals surface area contributed by atoms with E-state index in [4.69, 9.17) is 11.6 Å². The molecule has 0 radical (unpaired) electrons. The van der Waals surface area contributed by atoms with Crippen molar-refractivity contribution in [2.24, 2.45) is 7.05 Å². The van der Waals surface area contributed by atoms with Gasteiger partial charge in [0.25, 0.3) is 0 Å². The number of nitrogens with zero attached hydrogens (tertiary/aromatic N) is 5. The van der Waals surface area contributed by atoms with Gasteiger partial charge in [-0.2, -0.15) is 0 Å². The summed E-state index contributed by atoms with van der Waals surface area (Å²) in [6, 6.07) is -0.0107. The largest absolute Gasteiger partial charge is 0.334 e. The molecule has 1 aliphatic heterocycles. The van der Waals surface area contributed by atoms with Crippen LogP contribution in [0.5, 0.6) is 0 Å². The predicted molar refractivity (Wildman–Crippen MR) is 83.3 cm³/mol. The van der Waals surface area contributed by atoms with Gasteiger partial charge in [-0.25, -0.2) is 9.97 Å². The van der Waals surface area contributed by atoms with Crippen LogP contribution in [0.4, 0.5) is 0 Å². The normalized spacial score (nSPS) is 17.9. The van der Waals surface area contributed by atoms with Gasteiger partial charge in [0, 0.05) is 38.3 Å². The van der Waals surface area contributed by atoms with Gasteiger partial charge in [0.1, 0.15) is 5.69 Å². The molecule has 116 valence electrons. The van der Waals surface area contributed by atoms with Crippen molar-refractivity contribution in [3.8, 4) is 11.5 Å². The lowest BCUT2D eigenvalue weighted by atomic mass is 10.1. The van der Waals surface area contributed by atoms with Crippen molar-refractivity contribution >= 4 is 17.5 Å². The van der Waals surface area contributed by atoms with Crippen molar-refractivity contribution in [3.63, 3.8) is 0 Å². The van der Waals surface area contributed by atoms with E-state index in [0.29, 0.717) is 12.3 Å². The smallest absolute Gasteiger partial charge is 0.224 e. The lowest BCUT2D eigenvalue weighted by Crippen LogP contribution is -2.31. The van der Waals surface area contributed by atoms with Crippen molar-refractivity contribution in [3.05, 3.63) is 30.5 Å². The summed E-state index contributed by atoms with van der Waals surface area (Å²) in [6.07, 6.45) is 9.30. The molecular formula is C15H18ClN5O. The van der Waals surface area contributed by atoms with Crippen molar-refractivity contribution in [1.29, 1.82) is 0 Å². The first-order valence-electron chi connectivity index (χ1n) is 7.36. The molecule has 3 heterocycles. The third-order valence-corrected chi connectivity index (χ3v) is 4.12. The van der Waals surface area contributed by atoms with Gasteiger partial charge < -0.3 is 9.47 Å². The number of carbonyl (C=O) groups excluding carboxylic acids is 1. The number of aryl methyl sites for hydroxylation is 1. The van der Waals surface area contributed by atoms with E-state index < -0.39 is 0 Å². The summed E-state index contributed by atoms with van der Waals surface area (Å²) in [5.41, 5.74) is 1.54. The Bertz CT molecular complexity index is 671. The summed E-state index contributed by atoms with van der Waals surface area (Å²) in [7, 11) is 1.92. The van der Waals surface area contributed by atoms with Gasteiger partial charge in [-0.05, 0) is 12.8 Å². The monoisotopic (exact) mass is 319 g/mol. The fourth-order valence-corrected chi connectivity index (χ4v) is 3.02. The minimum Gasteiger partial charge on any atom is -0.334 e. The number of rotatable bonds is 4. The zero-order chi connectivity index (χ0) is 15.5. The Labute approximate surface area is 134 Å². The number of likely N-dealkylation sites (tertiary alicyclic amines) is 1. The molecule has 0 bridgehead atoms. The number of amides is 1. The van der Waals surface area contributed by atoms with E-state index in [2.05, 4.69) is 15.0 Å². The topological polar surface area (TPSA) is 63.9 Å². The molecule has 1 saturated heterocycles. The standard InChI is InChI=1S/C15H18ClN5O/c1-20-8-6-18-15(20)12-10-17-9-11(19-12)13-3-2-7-21(13)14(22)4-5-16/h6,8-10,13H,2-5,7H2,1H3. The van der Waals surface area contributed by atoms with Crippen LogP contribution >= 0.6 is 11.6 Å². The van der Waals surface area contributed by atoms with Crippen LogP contribution in [0.1, 0.15) is 31.0 Å². The molecule has 0 N–H and O–H groups in total. The SMILES string of the molecule is Cn1ccnc1-c1cncc(C2CCCN2C(=O)CCCl)n1. The Morgan fingerprint density at radius 1 is 1.45 bits per heavy atom. The van der Waals surface area contributed by atoms with Crippen LogP contribution in [0.3, 0.4) is 0 Å². The lowest BCUT2D eigenvalue weighted by Gasteiger charge is -2.24. The van der Waals surface area contributed by atoms with E-state index in [-0.39, 0.29) is 11.9 Å². The minimum absolute atomic E-state index is 0.0107. The Hall–Kier alpha value is -1.95. The fraction of sp³-hybridized carbons (Fsp3) is 0.467. The fourth-order valence-electron chi connectivity index (χ4n) is 2.86. The molecule has 2 aromatic rings. The van der Waals surface area contributed by atoms with Gasteiger partial charge in [0.05, 0.1) is 24.1 Å². The Balaban J connectivity index is 1.88. The second-order valence-electron chi connectivity index (χ2n) is 5.38. The van der Waals surface area contributed by atoms with E-state index in [1.807, 2.05) is 22.7 Å². The molecule has 0 spiro atoms. The third-order valence-electron chi connectivity index (χ3n) is 3.93. The molecule has 1 atom stereocenters. The van der Waals surface area contributed by atoms with Crippen LogP contribution in [0.2, 0.25) is 0 Å². The van der Waals surface area contributed by atoms with Crippen molar-refractivity contribution in [2.45, 2.75) is 25.3 Å². The van der Waals surface area contributed by atoms with E-state index in [9.17, 15) is 4.79 Å². The van der Waals surface area contributed by atoms with Crippen LogP contribution in [-0.2, 0) is 11.8 Å². The summed E-state index contributed by atoms with van der Waals surface area (Å²) in [6.45, 7) is 0.759.